The van der Waals surface area contributed by atoms with Gasteiger partial charge in [-0.25, -0.2) is 4.99 Å². The van der Waals surface area contributed by atoms with Crippen LogP contribution in [0.5, 0.6) is 0 Å². The first-order chi connectivity index (χ1) is 15.4. The SMILES string of the molecule is C[Si](C)(C)c1sc2c(c1Br)C1=C3C(=Nc4sc5sc6sc([Si](C)(C)C)c(Br)c6c5c43)S[C]1S2. The van der Waals surface area contributed by atoms with E-state index in [1.54, 1.807) is 9.00 Å². The summed E-state index contributed by atoms with van der Waals surface area (Å²) in [5.74, 6) is 0. The fourth-order valence-electron chi connectivity index (χ4n) is 4.59. The van der Waals surface area contributed by atoms with Crippen molar-refractivity contribution in [3.63, 3.8) is 0 Å². The van der Waals surface area contributed by atoms with E-state index < -0.39 is 16.1 Å². The van der Waals surface area contributed by atoms with Gasteiger partial charge in [-0.05, 0) is 31.9 Å². The van der Waals surface area contributed by atoms with Crippen LogP contribution in [0.4, 0.5) is 5.00 Å². The lowest BCUT2D eigenvalue weighted by Gasteiger charge is -2.15. The number of hydrogen-bond donors (Lipinski definition) is 0. The van der Waals surface area contributed by atoms with Crippen LogP contribution in [0.15, 0.2) is 18.1 Å². The highest BCUT2D eigenvalue weighted by Gasteiger charge is 2.47. The highest BCUT2D eigenvalue weighted by molar-refractivity contribution is 9.11. The molecule has 0 aromatic carbocycles. The van der Waals surface area contributed by atoms with Gasteiger partial charge in [0.05, 0.1) is 28.4 Å². The van der Waals surface area contributed by atoms with Crippen molar-refractivity contribution in [1.29, 1.82) is 0 Å². The minimum atomic E-state index is -1.41. The van der Waals surface area contributed by atoms with Crippen molar-refractivity contribution in [3.05, 3.63) is 24.7 Å². The van der Waals surface area contributed by atoms with Gasteiger partial charge in [0.2, 0.25) is 0 Å². The minimum absolute atomic E-state index is 1.21. The Labute approximate surface area is 236 Å². The van der Waals surface area contributed by atoms with Crippen LogP contribution in [0.25, 0.3) is 29.9 Å². The Bertz CT molecular complexity index is 1620. The van der Waals surface area contributed by atoms with E-state index in [2.05, 4.69) is 71.1 Å². The molecule has 4 aromatic heterocycles. The maximum absolute atomic E-state index is 5.16. The summed E-state index contributed by atoms with van der Waals surface area (Å²) in [7, 11) is -2.81. The zero-order chi connectivity index (χ0) is 23.2. The molecule has 0 saturated carbocycles. The van der Waals surface area contributed by atoms with Crippen LogP contribution in [-0.2, 0) is 0 Å². The van der Waals surface area contributed by atoms with E-state index >= 15 is 0 Å². The first-order valence-corrected chi connectivity index (χ1v) is 24.0. The Morgan fingerprint density at radius 3 is 2.03 bits per heavy atom. The van der Waals surface area contributed by atoms with Crippen molar-refractivity contribution >= 4 is 166 Å². The first kappa shape index (κ1) is 23.0. The normalized spacial score (nSPS) is 18.0. The van der Waals surface area contributed by atoms with E-state index in [9.17, 15) is 0 Å². The molecule has 33 heavy (non-hydrogen) atoms. The molecular weight excluding hydrogens is 687 g/mol. The fourth-order valence-corrected chi connectivity index (χ4v) is 22.8. The molecule has 4 aromatic rings. The minimum Gasteiger partial charge on any atom is -0.230 e. The topological polar surface area (TPSA) is 12.4 Å². The third-order valence-corrected chi connectivity index (χ3v) is 23.3. The van der Waals surface area contributed by atoms with Crippen LogP contribution < -0.4 is 9.00 Å². The average molecular weight is 705 g/mol. The maximum Gasteiger partial charge on any atom is 0.128 e. The van der Waals surface area contributed by atoms with Crippen molar-refractivity contribution in [2.75, 3.05) is 0 Å². The zero-order valence-electron chi connectivity index (χ0n) is 18.7. The van der Waals surface area contributed by atoms with Crippen molar-refractivity contribution < 1.29 is 0 Å². The first-order valence-electron chi connectivity index (χ1n) is 10.5. The second kappa shape index (κ2) is 7.23. The summed E-state index contributed by atoms with van der Waals surface area (Å²) in [6, 6.07) is 0. The number of fused-ring (bicyclic) bond motifs is 10. The lowest BCUT2D eigenvalue weighted by Crippen LogP contribution is -2.36. The lowest BCUT2D eigenvalue weighted by molar-refractivity contribution is 1.60. The van der Waals surface area contributed by atoms with E-state index in [-0.39, 0.29) is 0 Å². The largest absolute Gasteiger partial charge is 0.230 e. The van der Waals surface area contributed by atoms with E-state index in [4.69, 9.17) is 4.99 Å². The molecule has 0 spiro atoms. The van der Waals surface area contributed by atoms with Crippen LogP contribution in [0.1, 0.15) is 11.1 Å². The van der Waals surface area contributed by atoms with Gasteiger partial charge in [0.1, 0.15) is 14.6 Å². The number of hydrogen-bond acceptors (Lipinski definition) is 7. The Morgan fingerprint density at radius 1 is 0.667 bits per heavy atom. The lowest BCUT2D eigenvalue weighted by atomic mass is 9.98. The molecule has 169 valence electrons. The molecule has 3 aliphatic rings. The summed E-state index contributed by atoms with van der Waals surface area (Å²) in [5, 5.41) is 5.31. The zero-order valence-corrected chi connectivity index (χ0v) is 28.7. The van der Waals surface area contributed by atoms with Crippen LogP contribution in [0.2, 0.25) is 39.3 Å². The summed E-state index contributed by atoms with van der Waals surface area (Å²) in [5.41, 5.74) is 5.68. The van der Waals surface area contributed by atoms with E-state index in [0.717, 1.165) is 0 Å². The number of nitrogens with zero attached hydrogens (tertiary/aromatic N) is 1. The second-order valence-electron chi connectivity index (χ2n) is 10.5. The van der Waals surface area contributed by atoms with Gasteiger partial charge in [-0.1, -0.05) is 62.8 Å². The highest BCUT2D eigenvalue weighted by atomic mass is 79.9. The molecule has 0 unspecified atom stereocenters. The molecule has 7 heterocycles. The average Bonchev–Trinajstić information content (AvgIpc) is 3.46. The molecule has 0 bridgehead atoms. The van der Waals surface area contributed by atoms with Gasteiger partial charge in [0.25, 0.3) is 0 Å². The molecule has 11 heteroatoms. The molecule has 0 N–H and O–H groups in total. The Hall–Kier alpha value is 0.824. The van der Waals surface area contributed by atoms with Gasteiger partial charge < -0.3 is 0 Å². The maximum atomic E-state index is 5.16. The molecule has 0 fully saturated rings. The molecule has 7 rings (SSSR count). The van der Waals surface area contributed by atoms with Gasteiger partial charge >= 0.3 is 0 Å². The molecular formula is C22H18Br2NS6Si2. The molecule has 1 radical (unpaired) electrons. The van der Waals surface area contributed by atoms with Crippen molar-refractivity contribution in [2.45, 2.75) is 43.5 Å². The molecule has 0 aliphatic carbocycles. The summed E-state index contributed by atoms with van der Waals surface area (Å²) in [6.07, 6.45) is 0. The number of aliphatic imine (C=N–C) groups is 1. The Balaban J connectivity index is 1.53. The van der Waals surface area contributed by atoms with Gasteiger partial charge in [0.15, 0.2) is 0 Å². The predicted octanol–water partition coefficient (Wildman–Crippen LogP) is 10.2. The van der Waals surface area contributed by atoms with Crippen LogP contribution >= 0.6 is 101 Å². The summed E-state index contributed by atoms with van der Waals surface area (Å²) < 4.78 is 11.6. The predicted molar refractivity (Wildman–Crippen MR) is 171 cm³/mol. The van der Waals surface area contributed by atoms with Crippen LogP contribution in [-0.4, -0.2) is 21.2 Å². The van der Waals surface area contributed by atoms with Crippen molar-refractivity contribution in [1.82, 2.24) is 0 Å². The van der Waals surface area contributed by atoms with Crippen LogP contribution in [0, 0.1) is 4.58 Å². The number of thioether (sulfide) groups is 2. The van der Waals surface area contributed by atoms with E-state index in [0.29, 0.717) is 0 Å². The summed E-state index contributed by atoms with van der Waals surface area (Å²) >= 11 is 19.9. The van der Waals surface area contributed by atoms with Gasteiger partial charge in [-0.2, -0.15) is 0 Å². The van der Waals surface area contributed by atoms with Crippen molar-refractivity contribution in [3.8, 4) is 0 Å². The standard InChI is InChI=1S/C22H18Br2NS6Si2/c1-32(2,3)21-13(23)11-9-7-8-10-12-14(24)22(33(4,5)6)31-20(12)29-18(10)27-16(8)25-15(7)26-17(9)28-19(11)30-21/h1-6H3. The van der Waals surface area contributed by atoms with E-state index in [1.807, 2.05) is 68.9 Å². The summed E-state index contributed by atoms with van der Waals surface area (Å²) in [4.78, 5) is 5.16. The third kappa shape index (κ3) is 3.07. The smallest absolute Gasteiger partial charge is 0.128 e. The Kier molecular flexibility index (Phi) is 5.03. The monoisotopic (exact) mass is 702 g/mol. The molecule has 0 saturated heterocycles. The highest BCUT2D eigenvalue weighted by Crippen LogP contribution is 2.69. The molecule has 3 aliphatic heterocycles. The fraction of sp³-hybridized carbons (Fsp3) is 0.273. The molecule has 0 amide bonds. The second-order valence-corrected chi connectivity index (χ2v) is 29.9. The van der Waals surface area contributed by atoms with Gasteiger partial charge in [-0.15, -0.1) is 45.3 Å². The number of rotatable bonds is 2. The van der Waals surface area contributed by atoms with E-state index in [1.165, 1.54) is 68.9 Å². The van der Waals surface area contributed by atoms with Crippen molar-refractivity contribution in [2.24, 2.45) is 4.99 Å². The van der Waals surface area contributed by atoms with Gasteiger partial charge in [-0.3, -0.25) is 0 Å². The Morgan fingerprint density at radius 2 is 1.33 bits per heavy atom. The summed E-state index contributed by atoms with van der Waals surface area (Å²) in [6.45, 7) is 14.7. The molecule has 1 nitrogen and oxygen atoms in total. The third-order valence-electron chi connectivity index (χ3n) is 6.04. The van der Waals surface area contributed by atoms with Crippen LogP contribution in [0.3, 0.4) is 0 Å². The quantitative estimate of drug-likeness (QED) is 0.193. The van der Waals surface area contributed by atoms with Gasteiger partial charge in [0, 0.05) is 51.0 Å². The number of halogens is 2. The molecule has 0 atom stereocenters. The number of thiophene rings is 4.